The van der Waals surface area contributed by atoms with Gasteiger partial charge in [0, 0.05) is 10.5 Å². The van der Waals surface area contributed by atoms with Crippen LogP contribution in [0.5, 0.6) is 0 Å². The summed E-state index contributed by atoms with van der Waals surface area (Å²) < 4.78 is 1.07. The molecule has 16 heavy (non-hydrogen) atoms. The van der Waals surface area contributed by atoms with E-state index in [2.05, 4.69) is 41.2 Å². The Morgan fingerprint density at radius 3 is 2.69 bits per heavy atom. The molecule has 0 aliphatic heterocycles. The predicted molar refractivity (Wildman–Crippen MR) is 73.5 cm³/mol. The lowest BCUT2D eigenvalue weighted by molar-refractivity contribution is 0.435. The second-order valence-corrected chi connectivity index (χ2v) is 5.81. The fraction of sp³-hybridized carbons (Fsp3) is 0.538. The molecular weight excluding hydrogens is 264 g/mol. The normalized spacial score (nSPS) is 29.3. The van der Waals surface area contributed by atoms with Crippen LogP contribution in [0.2, 0.25) is 0 Å². The number of benzene rings is 1. The quantitative estimate of drug-likeness (QED) is 0.808. The van der Waals surface area contributed by atoms with E-state index < -0.39 is 0 Å². The maximum Gasteiger partial charge on any atom is 0.0587 e. The van der Waals surface area contributed by atoms with Gasteiger partial charge >= 0.3 is 0 Å². The molecule has 3 N–H and O–H groups in total. The number of nitrogens with two attached hydrogens (primary N) is 1. The molecule has 0 saturated heterocycles. The van der Waals surface area contributed by atoms with E-state index >= 15 is 0 Å². The molecule has 0 heterocycles. The molecule has 3 unspecified atom stereocenters. The number of nitrogen functional groups attached to an aromatic ring is 1. The molecule has 0 bridgehead atoms. The molecule has 2 rings (SSSR count). The van der Waals surface area contributed by atoms with Gasteiger partial charge in [-0.1, -0.05) is 29.8 Å². The first-order valence-electron chi connectivity index (χ1n) is 5.89. The lowest BCUT2D eigenvalue weighted by atomic mass is 9.97. The van der Waals surface area contributed by atoms with E-state index in [0.717, 1.165) is 27.7 Å². The minimum atomic E-state index is 0.562. The monoisotopic (exact) mass is 282 g/mol. The van der Waals surface area contributed by atoms with Crippen LogP contribution in [0.25, 0.3) is 0 Å². The van der Waals surface area contributed by atoms with Crippen molar-refractivity contribution in [3.63, 3.8) is 0 Å². The molecule has 0 aromatic heterocycles. The number of rotatable bonds is 2. The molecule has 3 atom stereocenters. The molecule has 0 spiro atoms. The van der Waals surface area contributed by atoms with Gasteiger partial charge in [0.2, 0.25) is 0 Å². The van der Waals surface area contributed by atoms with E-state index in [1.165, 1.54) is 12.8 Å². The van der Waals surface area contributed by atoms with Crippen molar-refractivity contribution in [1.82, 2.24) is 0 Å². The van der Waals surface area contributed by atoms with Crippen LogP contribution < -0.4 is 11.1 Å². The molecule has 1 aliphatic rings. The molecule has 1 aromatic carbocycles. The standard InChI is InChI=1S/C13H19BrN2/c1-8-3-6-12(9(8)2)16-13-7-10(14)4-5-11(13)15/h4-5,7-9,12,16H,3,6,15H2,1-2H3. The van der Waals surface area contributed by atoms with Crippen molar-refractivity contribution >= 4 is 27.3 Å². The summed E-state index contributed by atoms with van der Waals surface area (Å²) in [7, 11) is 0. The maximum atomic E-state index is 5.96. The van der Waals surface area contributed by atoms with Crippen molar-refractivity contribution in [2.75, 3.05) is 11.1 Å². The van der Waals surface area contributed by atoms with Crippen LogP contribution in [-0.4, -0.2) is 6.04 Å². The number of nitrogens with one attached hydrogen (secondary N) is 1. The summed E-state index contributed by atoms with van der Waals surface area (Å²) in [4.78, 5) is 0. The Balaban J connectivity index is 2.12. The molecule has 2 nitrogen and oxygen atoms in total. The second-order valence-electron chi connectivity index (χ2n) is 4.90. The van der Waals surface area contributed by atoms with Crippen molar-refractivity contribution < 1.29 is 0 Å². The number of anilines is 2. The van der Waals surface area contributed by atoms with Crippen molar-refractivity contribution in [3.05, 3.63) is 22.7 Å². The molecule has 0 amide bonds. The summed E-state index contributed by atoms with van der Waals surface area (Å²) in [5.41, 5.74) is 7.85. The highest BCUT2D eigenvalue weighted by atomic mass is 79.9. The Labute approximate surface area is 106 Å². The number of hydrogen-bond acceptors (Lipinski definition) is 2. The van der Waals surface area contributed by atoms with Gasteiger partial charge in [0.25, 0.3) is 0 Å². The first kappa shape index (κ1) is 11.8. The fourth-order valence-corrected chi connectivity index (χ4v) is 2.78. The topological polar surface area (TPSA) is 38.0 Å². The molecule has 1 aliphatic carbocycles. The first-order valence-corrected chi connectivity index (χ1v) is 6.69. The average Bonchev–Trinajstić information content (AvgIpc) is 2.55. The summed E-state index contributed by atoms with van der Waals surface area (Å²) in [6.45, 7) is 4.65. The van der Waals surface area contributed by atoms with Crippen molar-refractivity contribution in [2.24, 2.45) is 11.8 Å². The van der Waals surface area contributed by atoms with Gasteiger partial charge in [-0.05, 0) is 42.9 Å². The van der Waals surface area contributed by atoms with E-state index in [-0.39, 0.29) is 0 Å². The van der Waals surface area contributed by atoms with Crippen LogP contribution in [0, 0.1) is 11.8 Å². The van der Waals surface area contributed by atoms with Gasteiger partial charge in [-0.25, -0.2) is 0 Å². The van der Waals surface area contributed by atoms with E-state index in [1.54, 1.807) is 0 Å². The zero-order chi connectivity index (χ0) is 11.7. The molecule has 0 radical (unpaired) electrons. The second kappa shape index (κ2) is 4.66. The zero-order valence-corrected chi connectivity index (χ0v) is 11.4. The van der Waals surface area contributed by atoms with Gasteiger partial charge in [0.1, 0.15) is 0 Å². The Bertz CT molecular complexity index is 378. The summed E-state index contributed by atoms with van der Waals surface area (Å²) in [5.74, 6) is 1.53. The summed E-state index contributed by atoms with van der Waals surface area (Å²) in [6, 6.07) is 6.54. The minimum absolute atomic E-state index is 0.562. The highest BCUT2D eigenvalue weighted by Gasteiger charge is 2.29. The van der Waals surface area contributed by atoms with E-state index in [4.69, 9.17) is 5.73 Å². The van der Waals surface area contributed by atoms with Crippen LogP contribution in [0.4, 0.5) is 11.4 Å². The third-order valence-corrected chi connectivity index (χ3v) is 4.31. The summed E-state index contributed by atoms with van der Waals surface area (Å²) in [6.07, 6.45) is 2.56. The predicted octanol–water partition coefficient (Wildman–Crippen LogP) is 3.88. The van der Waals surface area contributed by atoms with Crippen LogP contribution in [0.1, 0.15) is 26.7 Å². The van der Waals surface area contributed by atoms with E-state index in [0.29, 0.717) is 6.04 Å². The molecule has 1 saturated carbocycles. The largest absolute Gasteiger partial charge is 0.397 e. The Morgan fingerprint density at radius 2 is 2.06 bits per heavy atom. The highest BCUT2D eigenvalue weighted by molar-refractivity contribution is 9.10. The lowest BCUT2D eigenvalue weighted by Crippen LogP contribution is -2.24. The molecule has 3 heteroatoms. The van der Waals surface area contributed by atoms with Crippen LogP contribution >= 0.6 is 15.9 Å². The first-order chi connectivity index (χ1) is 7.58. The third kappa shape index (κ3) is 2.34. The highest BCUT2D eigenvalue weighted by Crippen LogP contribution is 2.34. The molecular formula is C13H19BrN2. The van der Waals surface area contributed by atoms with Crippen LogP contribution in [0.3, 0.4) is 0 Å². The molecule has 1 fully saturated rings. The fourth-order valence-electron chi connectivity index (χ4n) is 2.42. The van der Waals surface area contributed by atoms with Gasteiger partial charge in [-0.2, -0.15) is 0 Å². The summed E-state index contributed by atoms with van der Waals surface area (Å²) >= 11 is 3.48. The number of halogens is 1. The van der Waals surface area contributed by atoms with Crippen molar-refractivity contribution in [2.45, 2.75) is 32.7 Å². The SMILES string of the molecule is CC1CCC(Nc2cc(Br)ccc2N)C1C. The minimum Gasteiger partial charge on any atom is -0.397 e. The number of hydrogen-bond donors (Lipinski definition) is 2. The van der Waals surface area contributed by atoms with Gasteiger partial charge in [-0.15, -0.1) is 0 Å². The molecule has 88 valence electrons. The van der Waals surface area contributed by atoms with E-state index in [1.807, 2.05) is 12.1 Å². The van der Waals surface area contributed by atoms with Gasteiger partial charge < -0.3 is 11.1 Å². The third-order valence-electron chi connectivity index (χ3n) is 3.82. The zero-order valence-electron chi connectivity index (χ0n) is 9.83. The average molecular weight is 283 g/mol. The van der Waals surface area contributed by atoms with Crippen LogP contribution in [0.15, 0.2) is 22.7 Å². The lowest BCUT2D eigenvalue weighted by Gasteiger charge is -2.22. The smallest absolute Gasteiger partial charge is 0.0587 e. The van der Waals surface area contributed by atoms with Crippen molar-refractivity contribution in [3.8, 4) is 0 Å². The molecule has 1 aromatic rings. The van der Waals surface area contributed by atoms with Gasteiger partial charge in [0.05, 0.1) is 11.4 Å². The Kier molecular flexibility index (Phi) is 3.43. The van der Waals surface area contributed by atoms with Gasteiger partial charge in [0.15, 0.2) is 0 Å². The van der Waals surface area contributed by atoms with Crippen LogP contribution in [-0.2, 0) is 0 Å². The summed E-state index contributed by atoms with van der Waals surface area (Å²) in [5, 5.41) is 3.58. The van der Waals surface area contributed by atoms with Gasteiger partial charge in [-0.3, -0.25) is 0 Å². The Hall–Kier alpha value is -0.700. The van der Waals surface area contributed by atoms with Crippen molar-refractivity contribution in [1.29, 1.82) is 0 Å². The van der Waals surface area contributed by atoms with E-state index in [9.17, 15) is 0 Å². The maximum absolute atomic E-state index is 5.96. The Morgan fingerprint density at radius 1 is 1.31 bits per heavy atom.